The Kier molecular flexibility index (Phi) is 8.66. The number of aromatic nitrogens is 4. The second-order valence-electron chi connectivity index (χ2n) is 7.90. The largest absolute Gasteiger partial charge is 0.497 e. The highest BCUT2D eigenvalue weighted by Gasteiger charge is 2.27. The third-order valence-electron chi connectivity index (χ3n) is 5.41. The van der Waals surface area contributed by atoms with Gasteiger partial charge in [-0.2, -0.15) is 5.10 Å². The van der Waals surface area contributed by atoms with Crippen molar-refractivity contribution < 1.29 is 28.6 Å². The monoisotopic (exact) mass is 571 g/mol. The molecule has 0 radical (unpaired) electrons. The topological polar surface area (TPSA) is 154 Å². The van der Waals surface area contributed by atoms with E-state index in [1.807, 2.05) is 0 Å². The third kappa shape index (κ3) is 5.96. The fourth-order valence-corrected chi connectivity index (χ4v) is 5.38. The van der Waals surface area contributed by atoms with Crippen LogP contribution in [0.4, 0.5) is 5.00 Å². The molecule has 4 aromatic rings. The number of esters is 2. The first kappa shape index (κ1) is 27.9. The first-order chi connectivity index (χ1) is 18.8. The van der Waals surface area contributed by atoms with Gasteiger partial charge >= 0.3 is 11.9 Å². The Morgan fingerprint density at radius 1 is 1.10 bits per heavy atom. The fourth-order valence-electron chi connectivity index (χ4n) is 3.62. The molecule has 0 aliphatic rings. The van der Waals surface area contributed by atoms with Crippen LogP contribution in [0.1, 0.15) is 39.4 Å². The summed E-state index contributed by atoms with van der Waals surface area (Å²) in [5, 5.41) is 7.62. The van der Waals surface area contributed by atoms with Crippen LogP contribution in [-0.4, -0.2) is 63.7 Å². The smallest absolute Gasteiger partial charge is 0.348 e. The molecular weight excluding hydrogens is 546 g/mol. The summed E-state index contributed by atoms with van der Waals surface area (Å²) in [6, 6.07) is 7.09. The van der Waals surface area contributed by atoms with Gasteiger partial charge in [-0.1, -0.05) is 11.8 Å². The van der Waals surface area contributed by atoms with Crippen molar-refractivity contribution in [3.05, 3.63) is 56.8 Å². The molecule has 1 amide bonds. The molecule has 0 atom stereocenters. The fraction of sp³-hybridized carbons (Fsp3) is 0.280. The third-order valence-corrected chi connectivity index (χ3v) is 7.47. The zero-order valence-corrected chi connectivity index (χ0v) is 23.2. The average molecular weight is 572 g/mol. The maximum absolute atomic E-state index is 12.8. The van der Waals surface area contributed by atoms with E-state index in [2.05, 4.69) is 20.4 Å². The zero-order valence-electron chi connectivity index (χ0n) is 21.5. The molecule has 0 spiro atoms. The van der Waals surface area contributed by atoms with Crippen molar-refractivity contribution in [1.82, 2.24) is 19.7 Å². The molecule has 3 heterocycles. The van der Waals surface area contributed by atoms with Gasteiger partial charge in [0.2, 0.25) is 5.91 Å². The Bertz CT molecular complexity index is 1590. The lowest BCUT2D eigenvalue weighted by Crippen LogP contribution is -2.17. The van der Waals surface area contributed by atoms with Crippen molar-refractivity contribution >= 4 is 57.0 Å². The predicted octanol–water partition coefficient (Wildman–Crippen LogP) is 3.57. The summed E-state index contributed by atoms with van der Waals surface area (Å²) >= 11 is 1.93. The number of rotatable bonds is 10. The van der Waals surface area contributed by atoms with E-state index in [0.717, 1.165) is 23.1 Å². The summed E-state index contributed by atoms with van der Waals surface area (Å²) in [5.41, 5.74) is 1.06. The number of thiophene rings is 1. The van der Waals surface area contributed by atoms with E-state index in [4.69, 9.17) is 14.2 Å². The van der Waals surface area contributed by atoms with Crippen LogP contribution in [0.5, 0.6) is 5.75 Å². The van der Waals surface area contributed by atoms with Crippen LogP contribution in [0.25, 0.3) is 16.7 Å². The Balaban J connectivity index is 1.55. The van der Waals surface area contributed by atoms with Gasteiger partial charge < -0.3 is 24.5 Å². The number of hydrogen-bond acceptors (Lipinski definition) is 11. The summed E-state index contributed by atoms with van der Waals surface area (Å²) < 4.78 is 16.9. The molecule has 14 heteroatoms. The van der Waals surface area contributed by atoms with Crippen LogP contribution in [0.15, 0.2) is 40.4 Å². The van der Waals surface area contributed by atoms with Gasteiger partial charge in [-0.05, 0) is 50.6 Å². The average Bonchev–Trinajstić information content (AvgIpc) is 3.49. The van der Waals surface area contributed by atoms with Crippen LogP contribution in [0.3, 0.4) is 0 Å². The number of anilines is 1. The van der Waals surface area contributed by atoms with Crippen LogP contribution < -0.4 is 15.6 Å². The summed E-state index contributed by atoms with van der Waals surface area (Å²) in [7, 11) is 1.57. The minimum atomic E-state index is -0.659. The van der Waals surface area contributed by atoms with Gasteiger partial charge in [0.1, 0.15) is 21.0 Å². The second-order valence-corrected chi connectivity index (χ2v) is 9.89. The number of benzene rings is 1. The van der Waals surface area contributed by atoms with Crippen LogP contribution in [0, 0.1) is 6.92 Å². The van der Waals surface area contributed by atoms with Gasteiger partial charge in [0.05, 0.1) is 43.5 Å². The van der Waals surface area contributed by atoms with Crippen molar-refractivity contribution in [2.75, 3.05) is 31.4 Å². The molecule has 0 bridgehead atoms. The van der Waals surface area contributed by atoms with Crippen LogP contribution in [-0.2, 0) is 14.3 Å². The minimum absolute atomic E-state index is 0.0968. The zero-order chi connectivity index (χ0) is 28.1. The van der Waals surface area contributed by atoms with E-state index >= 15 is 0 Å². The van der Waals surface area contributed by atoms with E-state index in [-0.39, 0.29) is 39.6 Å². The standard InChI is InChI=1S/C25H25N5O7S2/c1-5-36-23(33)18-13(3)19(24(34)37-6-2)39-22(18)27-17(31)12-38-25-28-20-16(21(32)29-25)11-26-30(20)14-7-9-15(35-4)10-8-14/h7-11H,5-6,12H2,1-4H3,(H,27,31)(H,28,29,32). The molecule has 0 aliphatic carbocycles. The molecule has 0 saturated heterocycles. The lowest BCUT2D eigenvalue weighted by molar-refractivity contribution is -0.113. The SMILES string of the molecule is CCOC(=O)c1sc(NC(=O)CSc2nc3c(cnn3-c3ccc(OC)cc3)c(=O)[nH]2)c(C(=O)OCC)c1C. The van der Waals surface area contributed by atoms with Crippen molar-refractivity contribution in [1.29, 1.82) is 0 Å². The Labute approximate surface area is 230 Å². The first-order valence-corrected chi connectivity index (χ1v) is 13.6. The number of hydrogen-bond donors (Lipinski definition) is 2. The van der Waals surface area contributed by atoms with E-state index < -0.39 is 23.4 Å². The number of aromatic amines is 1. The number of ether oxygens (including phenoxy) is 3. The molecule has 2 N–H and O–H groups in total. The van der Waals surface area contributed by atoms with Crippen molar-refractivity contribution in [3.63, 3.8) is 0 Å². The normalized spacial score (nSPS) is 10.9. The van der Waals surface area contributed by atoms with Crippen molar-refractivity contribution in [3.8, 4) is 11.4 Å². The molecule has 39 heavy (non-hydrogen) atoms. The van der Waals surface area contributed by atoms with E-state index in [1.54, 1.807) is 52.1 Å². The number of nitrogens with zero attached hydrogens (tertiary/aromatic N) is 3. The lowest BCUT2D eigenvalue weighted by atomic mass is 10.1. The summed E-state index contributed by atoms with van der Waals surface area (Å²) in [6.45, 7) is 5.21. The van der Waals surface area contributed by atoms with Gasteiger partial charge in [0.25, 0.3) is 5.56 Å². The Hall–Kier alpha value is -4.17. The molecule has 3 aromatic heterocycles. The highest BCUT2D eigenvalue weighted by molar-refractivity contribution is 7.99. The van der Waals surface area contributed by atoms with Gasteiger partial charge in [-0.3, -0.25) is 9.59 Å². The lowest BCUT2D eigenvalue weighted by Gasteiger charge is -2.07. The highest BCUT2D eigenvalue weighted by atomic mass is 32.2. The Morgan fingerprint density at radius 3 is 2.46 bits per heavy atom. The van der Waals surface area contributed by atoms with E-state index in [1.165, 1.54) is 10.9 Å². The summed E-state index contributed by atoms with van der Waals surface area (Å²) in [5.74, 6) is -1.20. The van der Waals surface area contributed by atoms with E-state index in [0.29, 0.717) is 28.0 Å². The summed E-state index contributed by atoms with van der Waals surface area (Å²) in [4.78, 5) is 57.7. The number of carbonyl (C=O) groups is 3. The quantitative estimate of drug-likeness (QED) is 0.164. The first-order valence-electron chi connectivity index (χ1n) is 11.8. The Morgan fingerprint density at radius 2 is 1.79 bits per heavy atom. The molecule has 0 saturated carbocycles. The number of fused-ring (bicyclic) bond motifs is 1. The van der Waals surface area contributed by atoms with Gasteiger partial charge in [0.15, 0.2) is 10.8 Å². The van der Waals surface area contributed by atoms with E-state index in [9.17, 15) is 19.2 Å². The molecular formula is C25H25N5O7S2. The number of amides is 1. The maximum Gasteiger partial charge on any atom is 0.348 e. The molecule has 0 unspecified atom stereocenters. The van der Waals surface area contributed by atoms with Gasteiger partial charge in [0, 0.05) is 0 Å². The molecule has 0 aliphatic heterocycles. The molecule has 12 nitrogen and oxygen atoms in total. The number of nitrogens with one attached hydrogen (secondary N) is 2. The number of thioether (sulfide) groups is 1. The minimum Gasteiger partial charge on any atom is -0.497 e. The number of H-pyrrole nitrogens is 1. The van der Waals surface area contributed by atoms with Crippen LogP contribution >= 0.6 is 23.1 Å². The van der Waals surface area contributed by atoms with Gasteiger partial charge in [-0.15, -0.1) is 11.3 Å². The van der Waals surface area contributed by atoms with Crippen molar-refractivity contribution in [2.45, 2.75) is 25.9 Å². The van der Waals surface area contributed by atoms with Gasteiger partial charge in [-0.25, -0.2) is 19.3 Å². The number of methoxy groups -OCH3 is 1. The molecule has 0 fully saturated rings. The predicted molar refractivity (Wildman–Crippen MR) is 146 cm³/mol. The highest BCUT2D eigenvalue weighted by Crippen LogP contribution is 2.34. The van der Waals surface area contributed by atoms with Crippen LogP contribution in [0.2, 0.25) is 0 Å². The van der Waals surface area contributed by atoms with Crippen molar-refractivity contribution in [2.24, 2.45) is 0 Å². The number of carbonyl (C=O) groups excluding carboxylic acids is 3. The molecule has 204 valence electrons. The molecule has 1 aromatic carbocycles. The second kappa shape index (κ2) is 12.1. The summed E-state index contributed by atoms with van der Waals surface area (Å²) in [6.07, 6.45) is 1.42. The molecule has 4 rings (SSSR count). The maximum atomic E-state index is 12.8.